The maximum atomic E-state index is 10.5. The summed E-state index contributed by atoms with van der Waals surface area (Å²) in [6.07, 6.45) is 1.05. The average molecular weight is 336 g/mol. The van der Waals surface area contributed by atoms with Crippen molar-refractivity contribution in [2.45, 2.75) is 46.5 Å². The van der Waals surface area contributed by atoms with E-state index in [0.29, 0.717) is 5.75 Å². The van der Waals surface area contributed by atoms with Gasteiger partial charge in [-0.2, -0.15) is 0 Å². The molecule has 0 saturated carbocycles. The Bertz CT molecular complexity index is 557. The molecule has 0 fully saturated rings. The molecule has 1 aromatic rings. The Hall–Kier alpha value is -0.0700. The molecule has 0 amide bonds. The molecule has 22 heavy (non-hydrogen) atoms. The summed E-state index contributed by atoms with van der Waals surface area (Å²) >= 11 is 0. The number of benzene rings is 1. The molecule has 0 aliphatic heterocycles. The van der Waals surface area contributed by atoms with Crippen LogP contribution in [-0.4, -0.2) is 25.3 Å². The summed E-state index contributed by atoms with van der Waals surface area (Å²) in [4.78, 5) is 0. The molecule has 0 N–H and O–H groups in total. The first kappa shape index (κ1) is 21.9. The molecule has 0 spiro atoms. The molecule has 0 aliphatic carbocycles. The van der Waals surface area contributed by atoms with Crippen molar-refractivity contribution in [3.63, 3.8) is 0 Å². The molecule has 1 rings (SSSR count). The van der Waals surface area contributed by atoms with Crippen molar-refractivity contribution in [3.05, 3.63) is 29.8 Å². The van der Waals surface area contributed by atoms with Gasteiger partial charge in [-0.15, -0.1) is 0 Å². The molecular formula is C16H25NaO4S. The largest absolute Gasteiger partial charge is 1.00 e. The van der Waals surface area contributed by atoms with E-state index in [0.717, 1.165) is 6.42 Å². The maximum absolute atomic E-state index is 10.5. The summed E-state index contributed by atoms with van der Waals surface area (Å²) in [5.74, 6) is 0.0681. The third-order valence-electron chi connectivity index (χ3n) is 3.21. The van der Waals surface area contributed by atoms with Crippen LogP contribution < -0.4 is 34.3 Å². The molecule has 0 bridgehead atoms. The SMILES string of the molecule is CC(C)(C)CC(C)(C)c1ccc(OCCS(=O)(=O)[O-])cc1.[Na+]. The number of rotatable bonds is 6. The second-order valence-electron chi connectivity index (χ2n) is 7.26. The topological polar surface area (TPSA) is 66.4 Å². The van der Waals surface area contributed by atoms with E-state index < -0.39 is 15.9 Å². The van der Waals surface area contributed by atoms with E-state index in [2.05, 4.69) is 34.6 Å². The first-order chi connectivity index (χ1) is 9.39. The minimum absolute atomic E-state index is 0. The van der Waals surface area contributed by atoms with Gasteiger partial charge in [-0.1, -0.05) is 46.8 Å². The molecule has 0 radical (unpaired) electrons. The van der Waals surface area contributed by atoms with Crippen LogP contribution in [-0.2, 0) is 15.5 Å². The van der Waals surface area contributed by atoms with Gasteiger partial charge in [-0.25, -0.2) is 8.42 Å². The molecule has 120 valence electrons. The molecule has 0 saturated heterocycles. The van der Waals surface area contributed by atoms with E-state index >= 15 is 0 Å². The number of ether oxygens (including phenoxy) is 1. The van der Waals surface area contributed by atoms with Crippen molar-refractivity contribution in [3.8, 4) is 5.75 Å². The van der Waals surface area contributed by atoms with Crippen LogP contribution in [0.3, 0.4) is 0 Å². The summed E-state index contributed by atoms with van der Waals surface area (Å²) in [5, 5.41) is 0. The summed E-state index contributed by atoms with van der Waals surface area (Å²) < 4.78 is 36.8. The summed E-state index contributed by atoms with van der Waals surface area (Å²) in [7, 11) is -4.22. The van der Waals surface area contributed by atoms with E-state index in [1.807, 2.05) is 24.3 Å². The Morgan fingerprint density at radius 2 is 1.55 bits per heavy atom. The average Bonchev–Trinajstić information content (AvgIpc) is 2.24. The van der Waals surface area contributed by atoms with Gasteiger partial charge in [0.1, 0.15) is 12.4 Å². The number of hydrogen-bond donors (Lipinski definition) is 0. The second-order valence-corrected chi connectivity index (χ2v) is 8.78. The van der Waals surface area contributed by atoms with Crippen LogP contribution in [0, 0.1) is 5.41 Å². The second kappa shape index (κ2) is 8.15. The van der Waals surface area contributed by atoms with Crippen molar-refractivity contribution < 1.29 is 47.3 Å². The number of hydrogen-bond acceptors (Lipinski definition) is 4. The predicted molar refractivity (Wildman–Crippen MR) is 83.6 cm³/mol. The summed E-state index contributed by atoms with van der Waals surface area (Å²) in [5.41, 5.74) is 1.50. The summed E-state index contributed by atoms with van der Waals surface area (Å²) in [6, 6.07) is 7.62. The normalized spacial score (nSPS) is 12.6. The van der Waals surface area contributed by atoms with Crippen LogP contribution in [0.4, 0.5) is 0 Å². The van der Waals surface area contributed by atoms with Crippen LogP contribution in [0.2, 0.25) is 0 Å². The molecule has 0 heterocycles. The standard InChI is InChI=1S/C16H26O4S.Na/c1-15(2,3)12-16(4,5)13-6-8-14(9-7-13)20-10-11-21(17,18)19;/h6-9H,10-12H2,1-5H3,(H,17,18,19);/q;+1/p-1. The smallest absolute Gasteiger partial charge is 0.748 e. The van der Waals surface area contributed by atoms with Crippen molar-refractivity contribution in [2.75, 3.05) is 12.4 Å². The van der Waals surface area contributed by atoms with E-state index in [1.54, 1.807) is 0 Å². The van der Waals surface area contributed by atoms with E-state index in [4.69, 9.17) is 4.74 Å². The molecular weight excluding hydrogens is 311 g/mol. The quantitative estimate of drug-likeness (QED) is 0.555. The Morgan fingerprint density at radius 3 is 1.95 bits per heavy atom. The predicted octanol–water partition coefficient (Wildman–Crippen LogP) is 0.328. The van der Waals surface area contributed by atoms with Crippen LogP contribution >= 0.6 is 0 Å². The zero-order valence-corrected chi connectivity index (χ0v) is 17.3. The van der Waals surface area contributed by atoms with Gasteiger partial charge >= 0.3 is 29.6 Å². The third-order valence-corrected chi connectivity index (χ3v) is 3.88. The van der Waals surface area contributed by atoms with Gasteiger partial charge in [0.05, 0.1) is 15.9 Å². The maximum Gasteiger partial charge on any atom is 1.00 e. The fraction of sp³-hybridized carbons (Fsp3) is 0.625. The van der Waals surface area contributed by atoms with Crippen molar-refractivity contribution >= 4 is 10.1 Å². The van der Waals surface area contributed by atoms with E-state index in [9.17, 15) is 13.0 Å². The monoisotopic (exact) mass is 336 g/mol. The van der Waals surface area contributed by atoms with Crippen molar-refractivity contribution in [1.29, 1.82) is 0 Å². The van der Waals surface area contributed by atoms with Gasteiger partial charge in [0, 0.05) is 0 Å². The van der Waals surface area contributed by atoms with Gasteiger partial charge in [0.2, 0.25) is 0 Å². The van der Waals surface area contributed by atoms with Gasteiger partial charge in [-0.3, -0.25) is 0 Å². The zero-order valence-electron chi connectivity index (χ0n) is 14.5. The first-order valence-electron chi connectivity index (χ1n) is 7.06. The van der Waals surface area contributed by atoms with Crippen molar-refractivity contribution in [2.24, 2.45) is 5.41 Å². The van der Waals surface area contributed by atoms with E-state index in [-0.39, 0.29) is 47.0 Å². The molecule has 0 aliphatic rings. The van der Waals surface area contributed by atoms with Crippen LogP contribution in [0.25, 0.3) is 0 Å². The molecule has 6 heteroatoms. The van der Waals surface area contributed by atoms with Gasteiger partial charge in [-0.05, 0) is 34.9 Å². The molecule has 0 atom stereocenters. The van der Waals surface area contributed by atoms with Crippen LogP contribution in [0.15, 0.2) is 24.3 Å². The van der Waals surface area contributed by atoms with Gasteiger partial charge in [0.15, 0.2) is 0 Å². The Morgan fingerprint density at radius 1 is 1.05 bits per heavy atom. The minimum atomic E-state index is -4.22. The molecule has 0 aromatic heterocycles. The van der Waals surface area contributed by atoms with E-state index in [1.165, 1.54) is 5.56 Å². The minimum Gasteiger partial charge on any atom is -0.748 e. The summed E-state index contributed by atoms with van der Waals surface area (Å²) in [6.45, 7) is 11.0. The Labute approximate surface area is 156 Å². The van der Waals surface area contributed by atoms with Crippen molar-refractivity contribution in [1.82, 2.24) is 0 Å². The van der Waals surface area contributed by atoms with Crippen LogP contribution in [0.5, 0.6) is 5.75 Å². The molecule has 4 nitrogen and oxygen atoms in total. The van der Waals surface area contributed by atoms with Gasteiger partial charge in [0.25, 0.3) is 0 Å². The third kappa shape index (κ3) is 8.53. The van der Waals surface area contributed by atoms with Gasteiger partial charge < -0.3 is 9.29 Å². The fourth-order valence-corrected chi connectivity index (χ4v) is 2.98. The zero-order chi connectivity index (χ0) is 16.3. The first-order valence-corrected chi connectivity index (χ1v) is 8.64. The fourth-order valence-electron chi connectivity index (χ4n) is 2.69. The van der Waals surface area contributed by atoms with Crippen LogP contribution in [0.1, 0.15) is 46.6 Å². The molecule has 1 aromatic carbocycles. The Balaban J connectivity index is 0.00000441. The molecule has 0 unspecified atom stereocenters. The Kier molecular flexibility index (Phi) is 8.13.